The zero-order valence-electron chi connectivity index (χ0n) is 12.0. The zero-order chi connectivity index (χ0) is 13.8. The fourth-order valence-electron chi connectivity index (χ4n) is 2.28. The minimum absolute atomic E-state index is 0.0996. The third-order valence-electron chi connectivity index (χ3n) is 3.39. The molecule has 0 bridgehead atoms. The number of hydrogen-bond donors (Lipinski definition) is 1. The summed E-state index contributed by atoms with van der Waals surface area (Å²) in [7, 11) is 0. The molecule has 1 aliphatic rings. The lowest BCUT2D eigenvalue weighted by Gasteiger charge is -2.30. The molecule has 0 radical (unpaired) electrons. The molecule has 0 aliphatic carbocycles. The Balaban J connectivity index is 2.00. The van der Waals surface area contributed by atoms with Crippen LogP contribution in [0.4, 0.5) is 0 Å². The van der Waals surface area contributed by atoms with Crippen LogP contribution in [-0.2, 0) is 4.74 Å². The van der Waals surface area contributed by atoms with Crippen LogP contribution in [0.3, 0.4) is 0 Å². The van der Waals surface area contributed by atoms with Crippen molar-refractivity contribution in [1.82, 2.24) is 15.0 Å². The van der Waals surface area contributed by atoms with Gasteiger partial charge in [-0.05, 0) is 18.9 Å². The lowest BCUT2D eigenvalue weighted by Crippen LogP contribution is -2.38. The molecule has 6 nitrogen and oxygen atoms in total. The van der Waals surface area contributed by atoms with Gasteiger partial charge >= 0.3 is 0 Å². The molecule has 2 N–H and O–H groups in total. The Bertz CT molecular complexity index is 394. The Morgan fingerprint density at radius 3 is 2.95 bits per heavy atom. The van der Waals surface area contributed by atoms with Crippen molar-refractivity contribution < 1.29 is 9.26 Å². The molecule has 0 spiro atoms. The number of hydrogen-bond acceptors (Lipinski definition) is 6. The quantitative estimate of drug-likeness (QED) is 0.872. The van der Waals surface area contributed by atoms with Gasteiger partial charge in [0.05, 0.1) is 12.6 Å². The molecule has 0 amide bonds. The van der Waals surface area contributed by atoms with Gasteiger partial charge in [0.2, 0.25) is 11.7 Å². The highest BCUT2D eigenvalue weighted by molar-refractivity contribution is 4.97. The van der Waals surface area contributed by atoms with Gasteiger partial charge in [-0.2, -0.15) is 4.98 Å². The van der Waals surface area contributed by atoms with E-state index in [1.54, 1.807) is 0 Å². The molecular weight excluding hydrogens is 244 g/mol. The molecule has 1 unspecified atom stereocenters. The summed E-state index contributed by atoms with van der Waals surface area (Å²) in [4.78, 5) is 6.72. The van der Waals surface area contributed by atoms with Gasteiger partial charge < -0.3 is 15.0 Å². The lowest BCUT2D eigenvalue weighted by atomic mass is 10.0. The summed E-state index contributed by atoms with van der Waals surface area (Å²) in [5.74, 6) is 1.64. The number of aromatic nitrogens is 2. The second-order valence-electron chi connectivity index (χ2n) is 5.48. The topological polar surface area (TPSA) is 77.4 Å². The van der Waals surface area contributed by atoms with Crippen LogP contribution in [0.15, 0.2) is 4.52 Å². The summed E-state index contributed by atoms with van der Waals surface area (Å²) in [5.41, 5.74) is 6.04. The average Bonchev–Trinajstić information content (AvgIpc) is 2.88. The smallest absolute Gasteiger partial charge is 0.243 e. The molecule has 1 saturated heterocycles. The standard InChI is InChI=1S/C13H24N4O2/c1-4-17-5-6-18-11(8-17)12-15-13(19-16-12)10(14)7-9(2)3/h9-11H,4-8,14H2,1-3H3/t10-,11?/m1/s1. The molecule has 1 aliphatic heterocycles. The van der Waals surface area contributed by atoms with Crippen molar-refractivity contribution in [3.63, 3.8) is 0 Å². The monoisotopic (exact) mass is 268 g/mol. The fourth-order valence-corrected chi connectivity index (χ4v) is 2.28. The van der Waals surface area contributed by atoms with Gasteiger partial charge in [-0.15, -0.1) is 0 Å². The molecule has 0 saturated carbocycles. The minimum Gasteiger partial charge on any atom is -0.367 e. The van der Waals surface area contributed by atoms with Crippen LogP contribution in [0, 0.1) is 5.92 Å². The van der Waals surface area contributed by atoms with E-state index >= 15 is 0 Å². The largest absolute Gasteiger partial charge is 0.367 e. The van der Waals surface area contributed by atoms with E-state index in [-0.39, 0.29) is 12.1 Å². The van der Waals surface area contributed by atoms with Crippen molar-refractivity contribution in [2.45, 2.75) is 39.3 Å². The fraction of sp³-hybridized carbons (Fsp3) is 0.846. The summed E-state index contributed by atoms with van der Waals surface area (Å²) in [6, 6.07) is -0.188. The number of morpholine rings is 1. The number of nitrogens with two attached hydrogens (primary N) is 1. The van der Waals surface area contributed by atoms with Crippen molar-refractivity contribution >= 4 is 0 Å². The van der Waals surface area contributed by atoms with Gasteiger partial charge in [0.25, 0.3) is 0 Å². The molecule has 1 aromatic heterocycles. The summed E-state index contributed by atoms with van der Waals surface area (Å²) in [6.07, 6.45) is 0.742. The van der Waals surface area contributed by atoms with Crippen LogP contribution in [0.5, 0.6) is 0 Å². The van der Waals surface area contributed by atoms with Gasteiger partial charge in [-0.25, -0.2) is 0 Å². The average molecular weight is 268 g/mol. The van der Waals surface area contributed by atoms with E-state index < -0.39 is 0 Å². The first-order valence-electron chi connectivity index (χ1n) is 7.03. The van der Waals surface area contributed by atoms with Crippen molar-refractivity contribution in [3.8, 4) is 0 Å². The Morgan fingerprint density at radius 1 is 1.47 bits per heavy atom. The first-order valence-corrected chi connectivity index (χ1v) is 7.03. The highest BCUT2D eigenvalue weighted by Crippen LogP contribution is 2.22. The van der Waals surface area contributed by atoms with E-state index in [1.165, 1.54) is 0 Å². The number of nitrogens with zero attached hydrogens (tertiary/aromatic N) is 3. The van der Waals surface area contributed by atoms with Crippen LogP contribution in [0.2, 0.25) is 0 Å². The van der Waals surface area contributed by atoms with E-state index in [0.717, 1.165) is 26.1 Å². The SMILES string of the molecule is CCN1CCOC(c2noc([C@H](N)CC(C)C)n2)C1. The Hall–Kier alpha value is -0.980. The second kappa shape index (κ2) is 6.45. The molecule has 2 rings (SSSR count). The normalized spacial score (nSPS) is 22.9. The van der Waals surface area contributed by atoms with Crippen LogP contribution < -0.4 is 5.73 Å². The number of likely N-dealkylation sites (N-methyl/N-ethyl adjacent to an activating group) is 1. The maximum atomic E-state index is 6.04. The van der Waals surface area contributed by atoms with Gasteiger partial charge in [0, 0.05) is 13.1 Å². The Labute approximate surface area is 114 Å². The summed E-state index contributed by atoms with van der Waals surface area (Å²) in [6.45, 7) is 9.89. The summed E-state index contributed by atoms with van der Waals surface area (Å²) < 4.78 is 11.0. The maximum absolute atomic E-state index is 6.04. The zero-order valence-corrected chi connectivity index (χ0v) is 12.0. The molecule has 0 aromatic carbocycles. The second-order valence-corrected chi connectivity index (χ2v) is 5.48. The van der Waals surface area contributed by atoms with Crippen molar-refractivity contribution in [2.75, 3.05) is 26.2 Å². The predicted molar refractivity (Wildman–Crippen MR) is 71.5 cm³/mol. The molecule has 1 fully saturated rings. The van der Waals surface area contributed by atoms with E-state index in [9.17, 15) is 0 Å². The van der Waals surface area contributed by atoms with Crippen molar-refractivity contribution in [2.24, 2.45) is 11.7 Å². The van der Waals surface area contributed by atoms with Gasteiger partial charge in [0.1, 0.15) is 6.10 Å². The third kappa shape index (κ3) is 3.75. The van der Waals surface area contributed by atoms with Gasteiger partial charge in [-0.1, -0.05) is 25.9 Å². The minimum atomic E-state index is -0.188. The Morgan fingerprint density at radius 2 is 2.26 bits per heavy atom. The highest BCUT2D eigenvalue weighted by atomic mass is 16.5. The van der Waals surface area contributed by atoms with Gasteiger partial charge in [-0.3, -0.25) is 4.90 Å². The van der Waals surface area contributed by atoms with E-state index in [1.807, 2.05) is 0 Å². The van der Waals surface area contributed by atoms with Crippen LogP contribution in [-0.4, -0.2) is 41.3 Å². The van der Waals surface area contributed by atoms with Crippen LogP contribution in [0.1, 0.15) is 51.1 Å². The molecule has 19 heavy (non-hydrogen) atoms. The van der Waals surface area contributed by atoms with Crippen LogP contribution in [0.25, 0.3) is 0 Å². The first-order chi connectivity index (χ1) is 9.10. The number of rotatable bonds is 5. The molecule has 2 atom stereocenters. The summed E-state index contributed by atoms with van der Waals surface area (Å²) in [5, 5.41) is 4.02. The summed E-state index contributed by atoms with van der Waals surface area (Å²) >= 11 is 0. The molecular formula is C13H24N4O2. The molecule has 108 valence electrons. The predicted octanol–water partition coefficient (Wildman–Crippen LogP) is 1.51. The van der Waals surface area contributed by atoms with Gasteiger partial charge in [0.15, 0.2) is 0 Å². The maximum Gasteiger partial charge on any atom is 0.243 e. The van der Waals surface area contributed by atoms with Crippen LogP contribution >= 0.6 is 0 Å². The first kappa shape index (κ1) is 14.4. The molecule has 6 heteroatoms. The number of ether oxygens (including phenoxy) is 1. The lowest BCUT2D eigenvalue weighted by molar-refractivity contribution is -0.0334. The van der Waals surface area contributed by atoms with Crippen molar-refractivity contribution in [3.05, 3.63) is 11.7 Å². The highest BCUT2D eigenvalue weighted by Gasteiger charge is 2.26. The third-order valence-corrected chi connectivity index (χ3v) is 3.39. The molecule has 2 heterocycles. The van der Waals surface area contributed by atoms with Crippen molar-refractivity contribution in [1.29, 1.82) is 0 Å². The Kier molecular flexibility index (Phi) is 4.90. The van der Waals surface area contributed by atoms with E-state index in [0.29, 0.717) is 24.2 Å². The van der Waals surface area contributed by atoms with E-state index in [4.69, 9.17) is 15.0 Å². The molecule has 1 aromatic rings. The van der Waals surface area contributed by atoms with E-state index in [2.05, 4.69) is 35.8 Å².